The van der Waals surface area contributed by atoms with Crippen LogP contribution < -0.4 is 16.8 Å². The molecule has 1 fully saturated rings. The number of hydrogen-bond donors (Lipinski definition) is 3. The molecule has 1 atom stereocenters. The largest absolute Gasteiger partial charge is 0.368 e. The summed E-state index contributed by atoms with van der Waals surface area (Å²) in [6.07, 6.45) is 3.65. The number of rotatable bonds is 6. The standard InChI is InChI=1S/C13H25N7/c1-2-6-20(8-10-4-3-5-16-7-10)9-11-17-12(14)19-13(15)18-11/h10,16H,2-9H2,1H3,(H4,14,15,17,18,19). The van der Waals surface area contributed by atoms with Crippen molar-refractivity contribution in [2.45, 2.75) is 32.7 Å². The first-order valence-electron chi connectivity index (χ1n) is 7.36. The first-order chi connectivity index (χ1) is 9.67. The van der Waals surface area contributed by atoms with Crippen LogP contribution in [-0.2, 0) is 6.54 Å². The maximum atomic E-state index is 5.62. The van der Waals surface area contributed by atoms with E-state index in [0.717, 1.165) is 32.6 Å². The van der Waals surface area contributed by atoms with Crippen LogP contribution in [0.3, 0.4) is 0 Å². The third kappa shape index (κ3) is 4.57. The molecule has 2 heterocycles. The number of nitrogens with two attached hydrogens (primary N) is 2. The molecule has 0 aliphatic carbocycles. The Labute approximate surface area is 120 Å². The maximum Gasteiger partial charge on any atom is 0.225 e. The van der Waals surface area contributed by atoms with Gasteiger partial charge < -0.3 is 16.8 Å². The van der Waals surface area contributed by atoms with E-state index in [0.29, 0.717) is 18.3 Å². The minimum Gasteiger partial charge on any atom is -0.368 e. The van der Waals surface area contributed by atoms with Gasteiger partial charge in [0.1, 0.15) is 5.82 Å². The zero-order valence-electron chi connectivity index (χ0n) is 12.2. The lowest BCUT2D eigenvalue weighted by Gasteiger charge is -2.29. The number of anilines is 2. The Hall–Kier alpha value is -1.47. The van der Waals surface area contributed by atoms with Crippen LogP contribution in [0.4, 0.5) is 11.9 Å². The van der Waals surface area contributed by atoms with Gasteiger partial charge in [-0.2, -0.15) is 15.0 Å². The van der Waals surface area contributed by atoms with E-state index >= 15 is 0 Å². The second kappa shape index (κ2) is 7.35. The van der Waals surface area contributed by atoms with Crippen molar-refractivity contribution in [2.75, 3.05) is 37.6 Å². The zero-order chi connectivity index (χ0) is 14.4. The molecule has 1 aromatic heterocycles. The SMILES string of the molecule is CCCN(Cc1nc(N)nc(N)n1)CC1CCCNC1. The maximum absolute atomic E-state index is 5.62. The molecule has 1 aliphatic rings. The van der Waals surface area contributed by atoms with Crippen molar-refractivity contribution in [1.29, 1.82) is 0 Å². The van der Waals surface area contributed by atoms with Crippen LogP contribution in [0.25, 0.3) is 0 Å². The summed E-state index contributed by atoms with van der Waals surface area (Å²) in [5, 5.41) is 3.46. The zero-order valence-corrected chi connectivity index (χ0v) is 12.2. The lowest BCUT2D eigenvalue weighted by atomic mass is 9.99. The first-order valence-corrected chi connectivity index (χ1v) is 7.36. The van der Waals surface area contributed by atoms with E-state index in [1.54, 1.807) is 0 Å². The normalized spacial score (nSPS) is 19.4. The quantitative estimate of drug-likeness (QED) is 0.685. The summed E-state index contributed by atoms with van der Waals surface area (Å²) in [5.41, 5.74) is 11.2. The predicted octanol–water partition coefficient (Wildman–Crippen LogP) is 0.248. The molecule has 20 heavy (non-hydrogen) atoms. The van der Waals surface area contributed by atoms with E-state index in [1.807, 2.05) is 0 Å². The molecule has 5 N–H and O–H groups in total. The van der Waals surface area contributed by atoms with Crippen molar-refractivity contribution in [3.8, 4) is 0 Å². The average molecular weight is 279 g/mol. The molecule has 7 nitrogen and oxygen atoms in total. The second-order valence-electron chi connectivity index (χ2n) is 5.42. The molecule has 0 saturated carbocycles. The summed E-state index contributed by atoms with van der Waals surface area (Å²) in [6.45, 7) is 7.20. The summed E-state index contributed by atoms with van der Waals surface area (Å²) < 4.78 is 0. The molecule has 7 heteroatoms. The number of piperidine rings is 1. The Balaban J connectivity index is 1.96. The highest BCUT2D eigenvalue weighted by Crippen LogP contribution is 2.13. The molecule has 0 amide bonds. The van der Waals surface area contributed by atoms with Crippen molar-refractivity contribution in [3.63, 3.8) is 0 Å². The van der Waals surface area contributed by atoms with Crippen LogP contribution in [0.15, 0.2) is 0 Å². The van der Waals surface area contributed by atoms with Gasteiger partial charge in [-0.25, -0.2) is 0 Å². The minimum absolute atomic E-state index is 0.197. The minimum atomic E-state index is 0.197. The lowest BCUT2D eigenvalue weighted by Crippen LogP contribution is -2.38. The summed E-state index contributed by atoms with van der Waals surface area (Å²) in [7, 11) is 0. The summed E-state index contributed by atoms with van der Waals surface area (Å²) in [6, 6.07) is 0. The molecule has 0 radical (unpaired) electrons. The van der Waals surface area contributed by atoms with E-state index in [9.17, 15) is 0 Å². The van der Waals surface area contributed by atoms with Crippen molar-refractivity contribution < 1.29 is 0 Å². The van der Waals surface area contributed by atoms with E-state index in [1.165, 1.54) is 12.8 Å². The number of nitrogens with one attached hydrogen (secondary N) is 1. The van der Waals surface area contributed by atoms with Gasteiger partial charge >= 0.3 is 0 Å². The van der Waals surface area contributed by atoms with Gasteiger partial charge in [-0.15, -0.1) is 0 Å². The van der Waals surface area contributed by atoms with Gasteiger partial charge in [0.25, 0.3) is 0 Å². The monoisotopic (exact) mass is 279 g/mol. The Morgan fingerprint density at radius 1 is 1.25 bits per heavy atom. The Morgan fingerprint density at radius 2 is 2.00 bits per heavy atom. The topological polar surface area (TPSA) is 106 Å². The van der Waals surface area contributed by atoms with Gasteiger partial charge in [0, 0.05) is 6.54 Å². The number of nitrogen functional groups attached to an aromatic ring is 2. The fourth-order valence-corrected chi connectivity index (χ4v) is 2.72. The predicted molar refractivity (Wildman–Crippen MR) is 79.8 cm³/mol. The second-order valence-corrected chi connectivity index (χ2v) is 5.42. The van der Waals surface area contributed by atoms with Gasteiger partial charge in [0.15, 0.2) is 0 Å². The third-order valence-electron chi connectivity index (χ3n) is 3.54. The lowest BCUT2D eigenvalue weighted by molar-refractivity contribution is 0.197. The summed E-state index contributed by atoms with van der Waals surface area (Å²) >= 11 is 0. The average Bonchev–Trinajstić information content (AvgIpc) is 2.39. The molecular weight excluding hydrogens is 254 g/mol. The van der Waals surface area contributed by atoms with Crippen molar-refractivity contribution in [2.24, 2.45) is 5.92 Å². The number of nitrogens with zero attached hydrogens (tertiary/aromatic N) is 4. The van der Waals surface area contributed by atoms with Gasteiger partial charge in [0.2, 0.25) is 11.9 Å². The summed E-state index contributed by atoms with van der Waals surface area (Å²) in [4.78, 5) is 14.5. The molecule has 1 unspecified atom stereocenters. The smallest absolute Gasteiger partial charge is 0.225 e. The fourth-order valence-electron chi connectivity index (χ4n) is 2.72. The molecule has 1 aromatic rings. The highest BCUT2D eigenvalue weighted by atomic mass is 15.2. The van der Waals surface area contributed by atoms with E-state index in [-0.39, 0.29) is 11.9 Å². The van der Waals surface area contributed by atoms with E-state index < -0.39 is 0 Å². The van der Waals surface area contributed by atoms with Crippen LogP contribution in [0, 0.1) is 5.92 Å². The van der Waals surface area contributed by atoms with E-state index in [4.69, 9.17) is 11.5 Å². The van der Waals surface area contributed by atoms with Gasteiger partial charge in [0.05, 0.1) is 6.54 Å². The fraction of sp³-hybridized carbons (Fsp3) is 0.769. The number of hydrogen-bond acceptors (Lipinski definition) is 7. The van der Waals surface area contributed by atoms with Crippen molar-refractivity contribution in [3.05, 3.63) is 5.82 Å². The Kier molecular flexibility index (Phi) is 5.49. The molecule has 0 spiro atoms. The van der Waals surface area contributed by atoms with Crippen LogP contribution in [-0.4, -0.2) is 46.0 Å². The molecule has 0 bridgehead atoms. The highest BCUT2D eigenvalue weighted by molar-refractivity contribution is 5.25. The Morgan fingerprint density at radius 3 is 2.60 bits per heavy atom. The van der Waals surface area contributed by atoms with Crippen molar-refractivity contribution in [1.82, 2.24) is 25.2 Å². The number of aromatic nitrogens is 3. The molecule has 1 aliphatic heterocycles. The molecular formula is C13H25N7. The van der Waals surface area contributed by atoms with Crippen LogP contribution in [0.5, 0.6) is 0 Å². The van der Waals surface area contributed by atoms with E-state index in [2.05, 4.69) is 32.1 Å². The third-order valence-corrected chi connectivity index (χ3v) is 3.54. The molecule has 0 aromatic carbocycles. The van der Waals surface area contributed by atoms with Crippen LogP contribution >= 0.6 is 0 Å². The van der Waals surface area contributed by atoms with Gasteiger partial charge in [-0.05, 0) is 44.8 Å². The molecule has 1 saturated heterocycles. The molecule has 112 valence electrons. The van der Waals surface area contributed by atoms with Gasteiger partial charge in [-0.3, -0.25) is 4.90 Å². The van der Waals surface area contributed by atoms with Crippen LogP contribution in [0.2, 0.25) is 0 Å². The van der Waals surface area contributed by atoms with Crippen molar-refractivity contribution >= 4 is 11.9 Å². The highest BCUT2D eigenvalue weighted by Gasteiger charge is 2.17. The summed E-state index contributed by atoms with van der Waals surface area (Å²) in [5.74, 6) is 1.76. The van der Waals surface area contributed by atoms with Gasteiger partial charge in [-0.1, -0.05) is 6.92 Å². The first kappa shape index (κ1) is 14.9. The molecule has 2 rings (SSSR count). The Bertz CT molecular complexity index is 397. The van der Waals surface area contributed by atoms with Crippen LogP contribution in [0.1, 0.15) is 32.0 Å².